The number of nitrogens with one attached hydrogen (secondary N) is 1. The van der Waals surface area contributed by atoms with Crippen LogP contribution in [0, 0.1) is 12.8 Å². The number of pyridine rings is 1. The number of anilines is 1. The third-order valence-corrected chi connectivity index (χ3v) is 5.53. The highest BCUT2D eigenvalue weighted by Crippen LogP contribution is 2.22. The maximum absolute atomic E-state index is 13.0. The maximum atomic E-state index is 13.0. The summed E-state index contributed by atoms with van der Waals surface area (Å²) in [5.41, 5.74) is 1.08. The second-order valence-electron chi connectivity index (χ2n) is 6.56. The molecule has 0 aliphatic carbocycles. The van der Waals surface area contributed by atoms with Gasteiger partial charge >= 0.3 is 0 Å². The minimum absolute atomic E-state index is 0.0978. The summed E-state index contributed by atoms with van der Waals surface area (Å²) in [6.45, 7) is 4.84. The Hall–Kier alpha value is -2.67. The van der Waals surface area contributed by atoms with Crippen molar-refractivity contribution in [1.82, 2.24) is 19.7 Å². The highest BCUT2D eigenvalue weighted by Gasteiger charge is 2.26. The molecule has 1 atom stereocenters. The molecule has 0 saturated heterocycles. The molecule has 3 aromatic rings. The van der Waals surface area contributed by atoms with Crippen molar-refractivity contribution in [3.63, 3.8) is 0 Å². The highest BCUT2D eigenvalue weighted by atomic mass is 32.1. The van der Waals surface area contributed by atoms with E-state index in [0.29, 0.717) is 13.1 Å². The van der Waals surface area contributed by atoms with Crippen molar-refractivity contribution < 1.29 is 4.79 Å². The van der Waals surface area contributed by atoms with Gasteiger partial charge in [-0.05, 0) is 37.3 Å². The Balaban J connectivity index is 1.52. The van der Waals surface area contributed by atoms with Gasteiger partial charge in [0.1, 0.15) is 5.82 Å². The monoisotopic (exact) mass is 367 g/mol. The predicted octanol–water partition coefficient (Wildman–Crippen LogP) is 3.03. The van der Waals surface area contributed by atoms with Gasteiger partial charge in [0.15, 0.2) is 0 Å². The molecule has 0 bridgehead atoms. The summed E-state index contributed by atoms with van der Waals surface area (Å²) in [5.74, 6) is 1.20. The van der Waals surface area contributed by atoms with Crippen molar-refractivity contribution in [1.29, 1.82) is 0 Å². The zero-order valence-corrected chi connectivity index (χ0v) is 15.4. The van der Waals surface area contributed by atoms with Crippen LogP contribution in [0.4, 0.5) is 5.82 Å². The van der Waals surface area contributed by atoms with E-state index in [9.17, 15) is 4.79 Å². The van der Waals surface area contributed by atoms with Gasteiger partial charge in [0.25, 0.3) is 5.91 Å². The third kappa shape index (κ3) is 3.62. The number of rotatable bonds is 4. The lowest BCUT2D eigenvalue weighted by Crippen LogP contribution is -2.35. The van der Waals surface area contributed by atoms with Gasteiger partial charge < -0.3 is 10.2 Å². The van der Waals surface area contributed by atoms with Crippen molar-refractivity contribution in [2.75, 3.05) is 18.4 Å². The van der Waals surface area contributed by atoms with Crippen molar-refractivity contribution in [3.8, 4) is 0 Å². The van der Waals surface area contributed by atoms with Gasteiger partial charge in [-0.3, -0.25) is 9.48 Å². The highest BCUT2D eigenvalue weighted by molar-refractivity contribution is 7.13. The fourth-order valence-corrected chi connectivity index (χ4v) is 4.07. The Morgan fingerprint density at radius 3 is 2.92 bits per heavy atom. The average Bonchev–Trinajstić information content (AvgIpc) is 3.24. The van der Waals surface area contributed by atoms with Crippen molar-refractivity contribution >= 4 is 23.1 Å². The fourth-order valence-electron chi connectivity index (χ4n) is 3.24. The average molecular weight is 367 g/mol. The topological polar surface area (TPSA) is 63.1 Å². The van der Waals surface area contributed by atoms with E-state index in [1.54, 1.807) is 17.5 Å². The quantitative estimate of drug-likeness (QED) is 0.770. The number of carbonyl (C=O) groups is 1. The molecular weight excluding hydrogens is 346 g/mol. The molecule has 0 saturated carbocycles. The van der Waals surface area contributed by atoms with Crippen LogP contribution in [-0.4, -0.2) is 38.7 Å². The van der Waals surface area contributed by atoms with Gasteiger partial charge in [0.2, 0.25) is 0 Å². The van der Waals surface area contributed by atoms with E-state index in [2.05, 4.69) is 15.4 Å². The molecule has 1 N–H and O–H groups in total. The molecule has 26 heavy (non-hydrogen) atoms. The lowest BCUT2D eigenvalue weighted by molar-refractivity contribution is 0.0729. The van der Waals surface area contributed by atoms with E-state index in [0.717, 1.165) is 34.4 Å². The number of nitrogens with zero attached hydrogens (tertiary/aromatic N) is 4. The first kappa shape index (κ1) is 16.8. The van der Waals surface area contributed by atoms with Crippen molar-refractivity contribution in [3.05, 3.63) is 64.2 Å². The van der Waals surface area contributed by atoms with E-state index >= 15 is 0 Å². The van der Waals surface area contributed by atoms with Crippen LogP contribution in [0.5, 0.6) is 0 Å². The second-order valence-corrected chi connectivity index (χ2v) is 7.85. The van der Waals surface area contributed by atoms with Gasteiger partial charge in [-0.1, -0.05) is 6.07 Å². The summed E-state index contributed by atoms with van der Waals surface area (Å²) in [6, 6.07) is 11.7. The van der Waals surface area contributed by atoms with Gasteiger partial charge in [0, 0.05) is 42.8 Å². The lowest BCUT2D eigenvalue weighted by Gasteiger charge is -2.24. The third-order valence-electron chi connectivity index (χ3n) is 4.54. The van der Waals surface area contributed by atoms with Crippen LogP contribution < -0.4 is 5.32 Å². The molecule has 0 unspecified atom stereocenters. The first-order valence-electron chi connectivity index (χ1n) is 8.70. The van der Waals surface area contributed by atoms with E-state index in [1.807, 2.05) is 59.1 Å². The molecule has 0 spiro atoms. The molecular formula is C19H21N5OS. The van der Waals surface area contributed by atoms with Crippen LogP contribution in [0.15, 0.2) is 48.8 Å². The number of hydrogen-bond donors (Lipinski definition) is 1. The number of thiophene rings is 1. The molecule has 134 valence electrons. The molecule has 6 nitrogen and oxygen atoms in total. The van der Waals surface area contributed by atoms with Gasteiger partial charge in [0.05, 0.1) is 17.1 Å². The smallest absolute Gasteiger partial charge is 0.264 e. The molecule has 1 aliphatic rings. The van der Waals surface area contributed by atoms with E-state index in [-0.39, 0.29) is 11.8 Å². The number of aromatic nitrogens is 3. The summed E-state index contributed by atoms with van der Waals surface area (Å²) >= 11 is 1.55. The second kappa shape index (κ2) is 7.29. The van der Waals surface area contributed by atoms with E-state index in [1.165, 1.54) is 0 Å². The molecule has 3 aromatic heterocycles. The molecule has 1 aliphatic heterocycles. The van der Waals surface area contributed by atoms with Crippen molar-refractivity contribution in [2.24, 2.45) is 5.92 Å². The zero-order chi connectivity index (χ0) is 17.9. The summed E-state index contributed by atoms with van der Waals surface area (Å²) < 4.78 is 2.01. The Bertz CT molecular complexity index is 888. The summed E-state index contributed by atoms with van der Waals surface area (Å²) in [7, 11) is 0. The fraction of sp³-hybridized carbons (Fsp3) is 0.316. The molecule has 4 rings (SSSR count). The molecule has 1 amide bonds. The minimum atomic E-state index is 0.0978. The first-order chi connectivity index (χ1) is 12.7. The van der Waals surface area contributed by atoms with Crippen LogP contribution in [0.2, 0.25) is 0 Å². The van der Waals surface area contributed by atoms with Crippen LogP contribution in [0.3, 0.4) is 0 Å². The summed E-state index contributed by atoms with van der Waals surface area (Å²) in [5, 5.41) is 7.81. The SMILES string of the molecule is Cc1ccc(C(=O)N2Cc3ccnn3C[C@H](CNc3ccccn3)C2)s1. The Kier molecular flexibility index (Phi) is 4.71. The summed E-state index contributed by atoms with van der Waals surface area (Å²) in [4.78, 5) is 21.2. The standard InChI is InChI=1S/C19H21N5OS/c1-14-5-6-17(26-14)19(25)23-11-15(10-21-18-4-2-3-8-20-18)12-24-16(13-23)7-9-22-24/h2-9,15H,10-13H2,1H3,(H,20,21)/t15-/m1/s1. The predicted molar refractivity (Wildman–Crippen MR) is 102 cm³/mol. The van der Waals surface area contributed by atoms with E-state index < -0.39 is 0 Å². The minimum Gasteiger partial charge on any atom is -0.370 e. The van der Waals surface area contributed by atoms with Gasteiger partial charge in [-0.2, -0.15) is 5.10 Å². The van der Waals surface area contributed by atoms with Gasteiger partial charge in [-0.15, -0.1) is 11.3 Å². The van der Waals surface area contributed by atoms with Crippen molar-refractivity contribution in [2.45, 2.75) is 20.0 Å². The molecule has 0 aromatic carbocycles. The van der Waals surface area contributed by atoms with E-state index in [4.69, 9.17) is 0 Å². The number of aryl methyl sites for hydroxylation is 1. The molecule has 7 heteroatoms. The van der Waals surface area contributed by atoms with Crippen LogP contribution in [-0.2, 0) is 13.1 Å². The zero-order valence-electron chi connectivity index (χ0n) is 14.6. The number of fused-ring (bicyclic) bond motifs is 1. The number of amides is 1. The molecule has 0 radical (unpaired) electrons. The maximum Gasteiger partial charge on any atom is 0.264 e. The molecule has 0 fully saturated rings. The Labute approximate surface area is 156 Å². The normalized spacial score (nSPS) is 16.8. The van der Waals surface area contributed by atoms with Crippen LogP contribution >= 0.6 is 11.3 Å². The number of carbonyl (C=O) groups excluding carboxylic acids is 1. The van der Waals surface area contributed by atoms with Crippen LogP contribution in [0.1, 0.15) is 20.2 Å². The number of hydrogen-bond acceptors (Lipinski definition) is 5. The van der Waals surface area contributed by atoms with Gasteiger partial charge in [-0.25, -0.2) is 4.98 Å². The Morgan fingerprint density at radius 1 is 1.23 bits per heavy atom. The van der Waals surface area contributed by atoms with Crippen LogP contribution in [0.25, 0.3) is 0 Å². The first-order valence-corrected chi connectivity index (χ1v) is 9.52. The lowest BCUT2D eigenvalue weighted by atomic mass is 10.1. The summed E-state index contributed by atoms with van der Waals surface area (Å²) in [6.07, 6.45) is 3.58. The Morgan fingerprint density at radius 2 is 2.15 bits per heavy atom. The molecule has 4 heterocycles. The largest absolute Gasteiger partial charge is 0.370 e.